The van der Waals surface area contributed by atoms with E-state index in [0.29, 0.717) is 11.5 Å². The molecular formula is C17H15N5S. The molecule has 0 amide bonds. The van der Waals surface area contributed by atoms with Crippen molar-refractivity contribution in [2.45, 2.75) is 10.6 Å². The van der Waals surface area contributed by atoms with Crippen molar-refractivity contribution in [1.82, 2.24) is 15.0 Å². The molecule has 0 atom stereocenters. The summed E-state index contributed by atoms with van der Waals surface area (Å²) in [6.45, 7) is 0. The molecule has 6 heteroatoms. The second kappa shape index (κ2) is 5.48. The van der Waals surface area contributed by atoms with E-state index < -0.39 is 0 Å². The summed E-state index contributed by atoms with van der Waals surface area (Å²) >= 11 is 1.76. The fraction of sp³-hybridized carbons (Fsp3) is 0.0588. The van der Waals surface area contributed by atoms with Gasteiger partial charge in [0, 0.05) is 16.3 Å². The maximum Gasteiger partial charge on any atom is 0.223 e. The van der Waals surface area contributed by atoms with Crippen LogP contribution in [0.3, 0.4) is 0 Å². The number of H-pyrrole nitrogens is 1. The number of nitrogen functional groups attached to an aromatic ring is 2. The normalized spacial score (nSPS) is 11.3. The molecule has 0 fully saturated rings. The first kappa shape index (κ1) is 13.9. The van der Waals surface area contributed by atoms with E-state index in [4.69, 9.17) is 11.5 Å². The average Bonchev–Trinajstić information content (AvgIpc) is 2.96. The fourth-order valence-electron chi connectivity index (χ4n) is 2.60. The Balaban J connectivity index is 1.59. The lowest BCUT2D eigenvalue weighted by Gasteiger charge is -2.02. The van der Waals surface area contributed by atoms with E-state index in [0.717, 1.165) is 16.8 Å². The van der Waals surface area contributed by atoms with Crippen LogP contribution in [0.5, 0.6) is 0 Å². The zero-order valence-corrected chi connectivity index (χ0v) is 13.1. The smallest absolute Gasteiger partial charge is 0.223 e. The van der Waals surface area contributed by atoms with Crippen LogP contribution in [0.15, 0.2) is 53.4 Å². The largest absolute Gasteiger partial charge is 0.383 e. The molecule has 0 aliphatic heterocycles. The number of hydrogen-bond acceptors (Lipinski definition) is 5. The molecule has 0 unspecified atom stereocenters. The summed E-state index contributed by atoms with van der Waals surface area (Å²) < 4.78 is 0. The van der Waals surface area contributed by atoms with E-state index in [1.807, 2.05) is 6.07 Å². The molecule has 2 aromatic heterocycles. The average molecular weight is 321 g/mol. The third-order valence-corrected chi connectivity index (χ3v) is 4.75. The van der Waals surface area contributed by atoms with Crippen LogP contribution in [0.2, 0.25) is 0 Å². The van der Waals surface area contributed by atoms with Gasteiger partial charge in [0.15, 0.2) is 0 Å². The molecule has 0 aliphatic rings. The standard InChI is InChI=1S/C17H15N5S/c18-15-14-8-12(20-16(14)22-17(19)21-15)9-23-13-6-5-10-3-1-2-4-11(10)7-13/h1-8H,9H2,(H5,18,19,20,21,22). The third kappa shape index (κ3) is 2.68. The maximum absolute atomic E-state index is 5.88. The lowest BCUT2D eigenvalue weighted by molar-refractivity contribution is 1.19. The first-order valence-electron chi connectivity index (χ1n) is 7.21. The number of thioether (sulfide) groups is 1. The molecule has 2 aromatic carbocycles. The second-order valence-corrected chi connectivity index (χ2v) is 6.37. The molecular weight excluding hydrogens is 306 g/mol. The van der Waals surface area contributed by atoms with Crippen molar-refractivity contribution in [1.29, 1.82) is 0 Å². The van der Waals surface area contributed by atoms with Crippen LogP contribution in [-0.4, -0.2) is 15.0 Å². The van der Waals surface area contributed by atoms with Gasteiger partial charge in [-0.3, -0.25) is 0 Å². The summed E-state index contributed by atoms with van der Waals surface area (Å²) in [7, 11) is 0. The Hall–Kier alpha value is -2.73. The predicted octanol–water partition coefficient (Wildman–Crippen LogP) is 3.57. The van der Waals surface area contributed by atoms with E-state index in [-0.39, 0.29) is 5.95 Å². The zero-order chi connectivity index (χ0) is 15.8. The van der Waals surface area contributed by atoms with Crippen molar-refractivity contribution in [3.8, 4) is 0 Å². The molecule has 0 saturated carbocycles. The van der Waals surface area contributed by atoms with E-state index in [9.17, 15) is 0 Å². The molecule has 114 valence electrons. The quantitative estimate of drug-likeness (QED) is 0.502. The minimum absolute atomic E-state index is 0.186. The SMILES string of the molecule is Nc1nc(N)c2cc(CSc3ccc4ccccc4c3)[nH]c2n1. The number of benzene rings is 2. The number of anilines is 2. The van der Waals surface area contributed by atoms with E-state index in [1.165, 1.54) is 15.7 Å². The Kier molecular flexibility index (Phi) is 3.31. The fourth-order valence-corrected chi connectivity index (χ4v) is 3.45. The topological polar surface area (TPSA) is 93.6 Å². The molecule has 4 aromatic rings. The van der Waals surface area contributed by atoms with Gasteiger partial charge in [0.25, 0.3) is 0 Å². The Morgan fingerprint density at radius 2 is 1.78 bits per heavy atom. The number of nitrogens with zero attached hydrogens (tertiary/aromatic N) is 2. The summed E-state index contributed by atoms with van der Waals surface area (Å²) in [6, 6.07) is 16.8. The van der Waals surface area contributed by atoms with Crippen LogP contribution in [0.4, 0.5) is 11.8 Å². The summed E-state index contributed by atoms with van der Waals surface area (Å²) in [6.07, 6.45) is 0. The highest BCUT2D eigenvalue weighted by Crippen LogP contribution is 2.28. The van der Waals surface area contributed by atoms with Crippen LogP contribution in [-0.2, 0) is 5.75 Å². The second-order valence-electron chi connectivity index (χ2n) is 5.32. The van der Waals surface area contributed by atoms with Gasteiger partial charge in [0.05, 0.1) is 5.39 Å². The van der Waals surface area contributed by atoms with Crippen LogP contribution < -0.4 is 11.5 Å². The van der Waals surface area contributed by atoms with Crippen molar-refractivity contribution in [3.63, 3.8) is 0 Å². The highest BCUT2D eigenvalue weighted by molar-refractivity contribution is 7.98. The van der Waals surface area contributed by atoms with Gasteiger partial charge in [-0.2, -0.15) is 9.97 Å². The van der Waals surface area contributed by atoms with Crippen LogP contribution in [0.1, 0.15) is 5.69 Å². The summed E-state index contributed by atoms with van der Waals surface area (Å²) in [5, 5.41) is 3.31. The van der Waals surface area contributed by atoms with Crippen molar-refractivity contribution in [3.05, 3.63) is 54.2 Å². The summed E-state index contributed by atoms with van der Waals surface area (Å²) in [4.78, 5) is 12.6. The van der Waals surface area contributed by atoms with E-state index in [1.54, 1.807) is 11.8 Å². The Morgan fingerprint density at radius 1 is 0.957 bits per heavy atom. The molecule has 5 nitrogen and oxygen atoms in total. The number of aromatic nitrogens is 3. The first-order valence-corrected chi connectivity index (χ1v) is 8.20. The minimum Gasteiger partial charge on any atom is -0.383 e. The number of aromatic amines is 1. The zero-order valence-electron chi connectivity index (χ0n) is 12.3. The highest BCUT2D eigenvalue weighted by Gasteiger charge is 2.08. The Morgan fingerprint density at radius 3 is 2.65 bits per heavy atom. The maximum atomic E-state index is 5.88. The van der Waals surface area contributed by atoms with Crippen molar-refractivity contribution in [2.75, 3.05) is 11.5 Å². The summed E-state index contributed by atoms with van der Waals surface area (Å²) in [5.74, 6) is 1.39. The number of hydrogen-bond donors (Lipinski definition) is 3. The number of nitrogens with one attached hydrogen (secondary N) is 1. The highest BCUT2D eigenvalue weighted by atomic mass is 32.2. The lowest BCUT2D eigenvalue weighted by Crippen LogP contribution is -1.99. The molecule has 0 radical (unpaired) electrons. The Labute approximate surface area is 137 Å². The van der Waals surface area contributed by atoms with Gasteiger partial charge in [0.2, 0.25) is 5.95 Å². The monoisotopic (exact) mass is 321 g/mol. The van der Waals surface area contributed by atoms with Gasteiger partial charge in [-0.15, -0.1) is 11.8 Å². The molecule has 5 N–H and O–H groups in total. The molecule has 0 spiro atoms. The Bertz CT molecular complexity index is 1010. The van der Waals surface area contributed by atoms with Gasteiger partial charge >= 0.3 is 0 Å². The number of rotatable bonds is 3. The van der Waals surface area contributed by atoms with E-state index >= 15 is 0 Å². The van der Waals surface area contributed by atoms with Gasteiger partial charge in [-0.1, -0.05) is 30.3 Å². The number of nitrogens with two attached hydrogens (primary N) is 2. The molecule has 0 saturated heterocycles. The molecule has 4 rings (SSSR count). The molecule has 2 heterocycles. The summed E-state index contributed by atoms with van der Waals surface area (Å²) in [5.41, 5.74) is 13.2. The molecule has 0 bridgehead atoms. The molecule has 0 aliphatic carbocycles. The first-order chi connectivity index (χ1) is 11.2. The van der Waals surface area contributed by atoms with Crippen LogP contribution in [0.25, 0.3) is 21.8 Å². The van der Waals surface area contributed by atoms with Gasteiger partial charge in [0.1, 0.15) is 11.5 Å². The predicted molar refractivity (Wildman–Crippen MR) is 96.2 cm³/mol. The van der Waals surface area contributed by atoms with Gasteiger partial charge in [-0.05, 0) is 29.0 Å². The van der Waals surface area contributed by atoms with E-state index in [2.05, 4.69) is 57.4 Å². The van der Waals surface area contributed by atoms with Crippen LogP contribution in [0, 0.1) is 0 Å². The lowest BCUT2D eigenvalue weighted by atomic mass is 10.1. The van der Waals surface area contributed by atoms with Crippen LogP contribution >= 0.6 is 11.8 Å². The van der Waals surface area contributed by atoms with Gasteiger partial charge in [-0.25, -0.2) is 0 Å². The van der Waals surface area contributed by atoms with Crippen molar-refractivity contribution < 1.29 is 0 Å². The van der Waals surface area contributed by atoms with Crippen molar-refractivity contribution >= 4 is 45.3 Å². The minimum atomic E-state index is 0.186. The third-order valence-electron chi connectivity index (χ3n) is 3.71. The number of fused-ring (bicyclic) bond motifs is 2. The van der Waals surface area contributed by atoms with Gasteiger partial charge < -0.3 is 16.5 Å². The van der Waals surface area contributed by atoms with Crippen molar-refractivity contribution in [2.24, 2.45) is 0 Å². The molecule has 23 heavy (non-hydrogen) atoms.